The SMILES string of the molecule is CCC(C)(O)CNC(C)c1cccc(O)c1. The molecule has 0 spiro atoms. The van der Waals surface area contributed by atoms with E-state index in [0.717, 1.165) is 5.56 Å². The van der Waals surface area contributed by atoms with Crippen LogP contribution in [0.3, 0.4) is 0 Å². The number of phenolic OH excluding ortho intramolecular Hbond substituents is 1. The highest BCUT2D eigenvalue weighted by Gasteiger charge is 2.18. The van der Waals surface area contributed by atoms with E-state index >= 15 is 0 Å². The quantitative estimate of drug-likeness (QED) is 0.717. The van der Waals surface area contributed by atoms with Crippen molar-refractivity contribution < 1.29 is 10.2 Å². The molecule has 90 valence electrons. The van der Waals surface area contributed by atoms with Crippen molar-refractivity contribution in [3.63, 3.8) is 0 Å². The van der Waals surface area contributed by atoms with E-state index in [0.29, 0.717) is 13.0 Å². The number of hydrogen-bond donors (Lipinski definition) is 3. The molecule has 0 aliphatic carbocycles. The van der Waals surface area contributed by atoms with E-state index in [1.54, 1.807) is 12.1 Å². The lowest BCUT2D eigenvalue weighted by molar-refractivity contribution is 0.0533. The highest BCUT2D eigenvalue weighted by molar-refractivity contribution is 5.29. The van der Waals surface area contributed by atoms with Crippen molar-refractivity contribution in [3.05, 3.63) is 29.8 Å². The first-order valence-corrected chi connectivity index (χ1v) is 5.69. The summed E-state index contributed by atoms with van der Waals surface area (Å²) in [5.74, 6) is 0.272. The van der Waals surface area contributed by atoms with E-state index in [1.807, 2.05) is 32.9 Å². The van der Waals surface area contributed by atoms with Gasteiger partial charge in [-0.25, -0.2) is 0 Å². The van der Waals surface area contributed by atoms with Crippen LogP contribution in [0.2, 0.25) is 0 Å². The molecule has 0 amide bonds. The van der Waals surface area contributed by atoms with Crippen molar-refractivity contribution in [1.82, 2.24) is 5.32 Å². The molecule has 0 heterocycles. The molecule has 1 rings (SSSR count). The number of hydrogen-bond acceptors (Lipinski definition) is 3. The Balaban J connectivity index is 2.56. The van der Waals surface area contributed by atoms with Gasteiger partial charge >= 0.3 is 0 Å². The lowest BCUT2D eigenvalue weighted by Gasteiger charge is -2.24. The second-order valence-electron chi connectivity index (χ2n) is 4.55. The van der Waals surface area contributed by atoms with Crippen LogP contribution in [0.5, 0.6) is 5.75 Å². The number of benzene rings is 1. The molecule has 0 fully saturated rings. The van der Waals surface area contributed by atoms with Crippen molar-refractivity contribution in [3.8, 4) is 5.75 Å². The third-order valence-corrected chi connectivity index (χ3v) is 2.92. The zero-order valence-corrected chi connectivity index (χ0v) is 10.2. The molecule has 0 aromatic heterocycles. The van der Waals surface area contributed by atoms with Gasteiger partial charge in [0.15, 0.2) is 0 Å². The lowest BCUT2D eigenvalue weighted by Crippen LogP contribution is -2.38. The van der Waals surface area contributed by atoms with Gasteiger partial charge in [-0.3, -0.25) is 0 Å². The van der Waals surface area contributed by atoms with Gasteiger partial charge in [-0.05, 0) is 38.0 Å². The smallest absolute Gasteiger partial charge is 0.115 e. The van der Waals surface area contributed by atoms with Gasteiger partial charge in [-0.2, -0.15) is 0 Å². The summed E-state index contributed by atoms with van der Waals surface area (Å²) in [6.07, 6.45) is 0.715. The first kappa shape index (κ1) is 13.0. The van der Waals surface area contributed by atoms with Gasteiger partial charge in [-0.1, -0.05) is 19.1 Å². The molecule has 16 heavy (non-hydrogen) atoms. The Bertz CT molecular complexity index is 336. The van der Waals surface area contributed by atoms with Crippen LogP contribution in [-0.4, -0.2) is 22.4 Å². The Morgan fingerprint density at radius 1 is 1.44 bits per heavy atom. The molecule has 3 heteroatoms. The normalized spacial score (nSPS) is 16.8. The Morgan fingerprint density at radius 2 is 2.12 bits per heavy atom. The van der Waals surface area contributed by atoms with Crippen LogP contribution in [0.25, 0.3) is 0 Å². The maximum atomic E-state index is 9.86. The topological polar surface area (TPSA) is 52.5 Å². The van der Waals surface area contributed by atoms with Gasteiger partial charge in [0.1, 0.15) is 5.75 Å². The fraction of sp³-hybridized carbons (Fsp3) is 0.538. The second-order valence-corrected chi connectivity index (χ2v) is 4.55. The number of rotatable bonds is 5. The van der Waals surface area contributed by atoms with Crippen LogP contribution < -0.4 is 5.32 Å². The standard InChI is InChI=1S/C13H21NO2/c1-4-13(3,16)9-14-10(2)11-6-5-7-12(15)8-11/h5-8,10,14-16H,4,9H2,1-3H3. The van der Waals surface area contributed by atoms with Gasteiger partial charge in [0.05, 0.1) is 5.60 Å². The zero-order valence-electron chi connectivity index (χ0n) is 10.2. The Hall–Kier alpha value is -1.06. The molecule has 2 atom stereocenters. The van der Waals surface area contributed by atoms with E-state index in [2.05, 4.69) is 5.32 Å². The molecular formula is C13H21NO2. The second kappa shape index (κ2) is 5.32. The van der Waals surface area contributed by atoms with Crippen LogP contribution in [0.1, 0.15) is 38.8 Å². The van der Waals surface area contributed by atoms with E-state index in [1.165, 1.54) is 0 Å². The highest BCUT2D eigenvalue weighted by atomic mass is 16.3. The van der Waals surface area contributed by atoms with Gasteiger partial charge in [0.2, 0.25) is 0 Å². The van der Waals surface area contributed by atoms with Crippen molar-refractivity contribution in [1.29, 1.82) is 0 Å². The highest BCUT2D eigenvalue weighted by Crippen LogP contribution is 2.18. The summed E-state index contributed by atoms with van der Waals surface area (Å²) in [5.41, 5.74) is 0.345. The van der Waals surface area contributed by atoms with Crippen molar-refractivity contribution in [2.75, 3.05) is 6.54 Å². The van der Waals surface area contributed by atoms with E-state index in [4.69, 9.17) is 0 Å². The summed E-state index contributed by atoms with van der Waals surface area (Å²) in [6.45, 7) is 6.33. The molecule has 3 N–H and O–H groups in total. The van der Waals surface area contributed by atoms with Gasteiger partial charge in [-0.15, -0.1) is 0 Å². The summed E-state index contributed by atoms with van der Waals surface area (Å²) in [5, 5.41) is 22.5. The number of nitrogens with one attached hydrogen (secondary N) is 1. The first-order chi connectivity index (χ1) is 7.44. The van der Waals surface area contributed by atoms with Crippen molar-refractivity contribution in [2.24, 2.45) is 0 Å². The molecule has 1 aromatic carbocycles. The Labute approximate surface area is 97.1 Å². The largest absolute Gasteiger partial charge is 0.508 e. The van der Waals surface area contributed by atoms with Crippen LogP contribution in [0.15, 0.2) is 24.3 Å². The van der Waals surface area contributed by atoms with E-state index in [-0.39, 0.29) is 11.8 Å². The summed E-state index contributed by atoms with van der Waals surface area (Å²) in [4.78, 5) is 0. The van der Waals surface area contributed by atoms with Crippen molar-refractivity contribution >= 4 is 0 Å². The summed E-state index contributed by atoms with van der Waals surface area (Å²) >= 11 is 0. The summed E-state index contributed by atoms with van der Waals surface area (Å²) in [7, 11) is 0. The number of aromatic hydroxyl groups is 1. The fourth-order valence-corrected chi connectivity index (χ4v) is 1.41. The molecule has 0 radical (unpaired) electrons. The summed E-state index contributed by atoms with van der Waals surface area (Å²) < 4.78 is 0. The van der Waals surface area contributed by atoms with Crippen LogP contribution in [0.4, 0.5) is 0 Å². The number of phenols is 1. The zero-order chi connectivity index (χ0) is 12.2. The molecule has 0 bridgehead atoms. The molecule has 3 nitrogen and oxygen atoms in total. The predicted octanol–water partition coefficient (Wildman–Crippen LogP) is 2.20. The maximum absolute atomic E-state index is 9.86. The maximum Gasteiger partial charge on any atom is 0.115 e. The Morgan fingerprint density at radius 3 is 2.69 bits per heavy atom. The monoisotopic (exact) mass is 223 g/mol. The van der Waals surface area contributed by atoms with Gasteiger partial charge in [0.25, 0.3) is 0 Å². The first-order valence-electron chi connectivity index (χ1n) is 5.69. The van der Waals surface area contributed by atoms with Gasteiger partial charge < -0.3 is 15.5 Å². The molecule has 0 saturated heterocycles. The van der Waals surface area contributed by atoms with E-state index < -0.39 is 5.60 Å². The minimum atomic E-state index is -0.676. The molecule has 0 aliphatic heterocycles. The van der Waals surface area contributed by atoms with E-state index in [9.17, 15) is 10.2 Å². The number of aliphatic hydroxyl groups is 1. The molecule has 1 aromatic rings. The van der Waals surface area contributed by atoms with Crippen LogP contribution >= 0.6 is 0 Å². The predicted molar refractivity (Wildman–Crippen MR) is 65.4 cm³/mol. The molecule has 0 aliphatic rings. The molecular weight excluding hydrogens is 202 g/mol. The Kier molecular flexibility index (Phi) is 4.33. The minimum absolute atomic E-state index is 0.116. The fourth-order valence-electron chi connectivity index (χ4n) is 1.41. The minimum Gasteiger partial charge on any atom is -0.508 e. The van der Waals surface area contributed by atoms with Gasteiger partial charge in [0, 0.05) is 12.6 Å². The van der Waals surface area contributed by atoms with Crippen LogP contribution in [0, 0.1) is 0 Å². The molecule has 2 unspecified atom stereocenters. The summed E-state index contributed by atoms with van der Waals surface area (Å²) in [6, 6.07) is 7.28. The third kappa shape index (κ3) is 3.83. The van der Waals surface area contributed by atoms with Crippen molar-refractivity contribution in [2.45, 2.75) is 38.8 Å². The lowest BCUT2D eigenvalue weighted by atomic mass is 10.0. The van der Waals surface area contributed by atoms with Crippen LogP contribution in [-0.2, 0) is 0 Å². The molecule has 0 saturated carbocycles. The average molecular weight is 223 g/mol. The third-order valence-electron chi connectivity index (χ3n) is 2.92. The average Bonchev–Trinajstić information content (AvgIpc) is 2.26.